The van der Waals surface area contributed by atoms with Crippen LogP contribution in [-0.4, -0.2) is 46.0 Å². The molecular weight excluding hydrogens is 1170 g/mol. The first-order valence-electron chi connectivity index (χ1n) is 29.6. The molecule has 2 fully saturated rings. The Kier molecular flexibility index (Phi) is 12.3. The minimum absolute atomic E-state index is 0.141. The Labute approximate surface area is 498 Å². The fourth-order valence-corrected chi connectivity index (χ4v) is 145. The molecule has 4 aromatic carbocycles. The molecule has 8 atom stereocenters. The topological polar surface area (TPSA) is 36.9 Å². The zero-order chi connectivity index (χ0) is 57.7. The van der Waals surface area contributed by atoms with Gasteiger partial charge in [-0.3, -0.25) is 0 Å². The summed E-state index contributed by atoms with van der Waals surface area (Å²) in [5.74, 6) is 2.89. The monoisotopic (exact) mass is 1240 g/mol. The molecule has 0 saturated carbocycles. The van der Waals surface area contributed by atoms with Gasteiger partial charge in [0.2, 0.25) is 0 Å². The Hall–Kier alpha value is -6.18. The molecule has 0 bridgehead atoms. The normalized spacial score (nSPS) is 33.7. The number of para-hydroxylation sites is 4. The van der Waals surface area contributed by atoms with E-state index in [4.69, 9.17) is 18.9 Å². The van der Waals surface area contributed by atoms with Gasteiger partial charge >= 0.3 is 503 Å². The Balaban J connectivity index is 1.22. The first kappa shape index (κ1) is 54.7. The Morgan fingerprint density at radius 1 is 0.349 bits per heavy atom. The van der Waals surface area contributed by atoms with Gasteiger partial charge in [-0.15, -0.1) is 0 Å². The molecule has 10 aliphatic rings. The predicted molar refractivity (Wildman–Crippen MR) is 348 cm³/mol. The molecule has 0 aromatic heterocycles. The average Bonchev–Trinajstić information content (AvgIpc) is 1.53. The summed E-state index contributed by atoms with van der Waals surface area (Å²) in [5, 5.41) is 0. The van der Waals surface area contributed by atoms with Gasteiger partial charge in [0, 0.05) is 0 Å². The quantitative estimate of drug-likeness (QED) is 0.165. The second kappa shape index (κ2) is 18.7. The van der Waals surface area contributed by atoms with Crippen LogP contribution in [0.5, 0.6) is 23.0 Å². The number of rotatable bonds is 8. The van der Waals surface area contributed by atoms with Crippen molar-refractivity contribution in [1.29, 1.82) is 0 Å². The van der Waals surface area contributed by atoms with Crippen LogP contribution in [0.2, 0.25) is 24.1 Å². The molecule has 5 spiro atoms. The van der Waals surface area contributed by atoms with Gasteiger partial charge < -0.3 is 0 Å². The Bertz CT molecular complexity index is 3620. The number of fused-ring (bicyclic) bond motifs is 8. The second-order valence-corrected chi connectivity index (χ2v) is 64.8. The number of methoxy groups -OCH3 is 4. The zero-order valence-electron chi connectivity index (χ0n) is 49.1. The van der Waals surface area contributed by atoms with Crippen molar-refractivity contribution >= 4 is 34.6 Å². The second-order valence-electron chi connectivity index (χ2n) is 24.9. The first-order valence-corrected chi connectivity index (χ1v) is 45.4. The van der Waals surface area contributed by atoms with E-state index in [1.54, 1.807) is 28.4 Å². The fourth-order valence-electron chi connectivity index (χ4n) is 21.5. The molecule has 4 aromatic rings. The molecule has 83 heavy (non-hydrogen) atoms. The molecule has 2 aliphatic heterocycles. The van der Waals surface area contributed by atoms with Crippen molar-refractivity contribution in [2.24, 2.45) is 0 Å². The molecule has 8 unspecified atom stereocenters. The molecule has 4 nitrogen and oxygen atoms in total. The molecule has 0 amide bonds. The van der Waals surface area contributed by atoms with Gasteiger partial charge in [-0.1, -0.05) is 0 Å². The predicted octanol–water partition coefficient (Wildman–Crippen LogP) is 18.8. The van der Waals surface area contributed by atoms with E-state index in [0.717, 1.165) is 45.3 Å². The molecule has 418 valence electrons. The van der Waals surface area contributed by atoms with Crippen LogP contribution in [0.25, 0.3) is 0 Å². The van der Waals surface area contributed by atoms with Gasteiger partial charge in [-0.25, -0.2) is 0 Å². The Morgan fingerprint density at radius 3 is 0.783 bits per heavy atom. The van der Waals surface area contributed by atoms with Crippen LogP contribution in [0.3, 0.4) is 0 Å². The number of ether oxygens (including phenoxy) is 4. The minimum atomic E-state index is -7.66. The molecule has 14 rings (SSSR count). The van der Waals surface area contributed by atoms with Crippen LogP contribution >= 0.6 is 17.0 Å². The van der Waals surface area contributed by atoms with Crippen LogP contribution in [0, 0.1) is 0 Å². The number of halogens is 2. The maximum absolute atomic E-state index is 11.3. The summed E-state index contributed by atoms with van der Waals surface area (Å²) in [6.07, 6.45) is 48.1. The van der Waals surface area contributed by atoms with Crippen LogP contribution in [0.15, 0.2) is 285 Å². The third kappa shape index (κ3) is 5.67. The van der Waals surface area contributed by atoms with E-state index in [9.17, 15) is 17.0 Å². The van der Waals surface area contributed by atoms with E-state index < -0.39 is 43.5 Å². The van der Waals surface area contributed by atoms with Crippen LogP contribution in [-0.2, 0) is 14.9 Å². The average molecular weight is 1240 g/mol. The van der Waals surface area contributed by atoms with Crippen molar-refractivity contribution < 1.29 is 33.9 Å². The Morgan fingerprint density at radius 2 is 0.566 bits per heavy atom. The molecule has 0 radical (unpaired) electrons. The van der Waals surface area contributed by atoms with Gasteiger partial charge in [-0.05, 0) is 0 Å². The first-order chi connectivity index (χ1) is 40.2. The van der Waals surface area contributed by atoms with Crippen LogP contribution in [0.1, 0.15) is 73.6 Å². The van der Waals surface area contributed by atoms with Crippen LogP contribution in [0.4, 0.5) is 0 Å². The molecule has 9 heteroatoms. The van der Waals surface area contributed by atoms with Gasteiger partial charge in [0.25, 0.3) is 0 Å². The molecule has 2 heterocycles. The number of benzene rings is 4. The fraction of sp³-hybridized carbons (Fsp3) is 0.243. The third-order valence-electron chi connectivity index (χ3n) is 23.0. The van der Waals surface area contributed by atoms with Gasteiger partial charge in [0.15, 0.2) is 0 Å². The van der Waals surface area contributed by atoms with E-state index in [-0.39, 0.29) is 23.7 Å². The third-order valence-corrected chi connectivity index (χ3v) is 108. The summed E-state index contributed by atoms with van der Waals surface area (Å²) in [4.78, 5) is 0. The van der Waals surface area contributed by atoms with Crippen molar-refractivity contribution in [3.8, 4) is 23.0 Å². The summed E-state index contributed by atoms with van der Waals surface area (Å²) in [6, 6.07) is 34.3. The number of hydrogen-bond donors (Lipinski definition) is 0. The van der Waals surface area contributed by atoms with Gasteiger partial charge in [0.1, 0.15) is 0 Å². The molecular formula is C74H72Cl2O4Si2Zr. The van der Waals surface area contributed by atoms with Gasteiger partial charge in [-0.2, -0.15) is 0 Å². The summed E-state index contributed by atoms with van der Waals surface area (Å²) >= 11 is -7.66. The van der Waals surface area contributed by atoms with E-state index in [1.807, 2.05) is 0 Å². The molecule has 8 aliphatic carbocycles. The van der Waals surface area contributed by atoms with Crippen molar-refractivity contribution in [2.45, 2.75) is 75.4 Å². The SMILES string of the molecule is COc1ccccc1C1C=CC=CC2=C1C=C(C)[C]21[SiH](C)[C]2(C(C)=CC3=C2C=CC=CC3c2ccccc2OC)[Zr]12([Cl])([Cl])[C]1(C(C)=CC3=C1C=CC=CC3c1ccccc1OC)[SiH](C)[C]21C(C)=CC2=C1C=CC=CC2c1ccccc1OC. The van der Waals surface area contributed by atoms with Crippen molar-refractivity contribution in [3.05, 3.63) is 308 Å². The molecule has 2 saturated heterocycles. The summed E-state index contributed by atoms with van der Waals surface area (Å²) < 4.78 is 22.1. The maximum atomic E-state index is 11.3. The van der Waals surface area contributed by atoms with Crippen molar-refractivity contribution in [1.82, 2.24) is 0 Å². The van der Waals surface area contributed by atoms with Gasteiger partial charge in [0.05, 0.1) is 0 Å². The zero-order valence-corrected chi connectivity index (χ0v) is 55.4. The van der Waals surface area contributed by atoms with Crippen molar-refractivity contribution in [3.63, 3.8) is 0 Å². The summed E-state index contributed by atoms with van der Waals surface area (Å²) in [7, 11) is 24.7. The van der Waals surface area contributed by atoms with E-state index in [0.29, 0.717) is 0 Å². The summed E-state index contributed by atoms with van der Waals surface area (Å²) in [5.41, 5.74) is 20.0. The number of allylic oxidation sites excluding steroid dienone is 32. The van der Waals surface area contributed by atoms with E-state index in [1.165, 1.54) is 66.9 Å². The number of hydrogen-bond acceptors (Lipinski definition) is 4. The van der Waals surface area contributed by atoms with E-state index >= 15 is 0 Å². The standard InChI is InChI=1S/2C37H36O2Si.2ClH.Zr/c2*1-24-22-32-26(28-16-10-12-20-34(28)38-3)14-6-8-18-30(32)36(24)40(5)37-25(2)23-33-27(15-7-9-19-31(33)37)29-17-11-13-21-35(29)39-4;;;/h2*6-23,26-27,40H,1-5H3;2*1H;/q;;;;+2/p-2. The summed E-state index contributed by atoms with van der Waals surface area (Å²) in [6.45, 7) is 15.2. The molecule has 0 N–H and O–H groups in total. The van der Waals surface area contributed by atoms with Crippen LogP contribution < -0.4 is 18.9 Å². The van der Waals surface area contributed by atoms with E-state index in [2.05, 4.69) is 259 Å². The van der Waals surface area contributed by atoms with Crippen molar-refractivity contribution in [2.75, 3.05) is 28.4 Å².